The van der Waals surface area contributed by atoms with Gasteiger partial charge >= 0.3 is 5.97 Å². The van der Waals surface area contributed by atoms with Gasteiger partial charge in [-0.15, -0.1) is 0 Å². The molecule has 1 amide bonds. The van der Waals surface area contributed by atoms with Gasteiger partial charge < -0.3 is 9.64 Å². The molecule has 2 atom stereocenters. The van der Waals surface area contributed by atoms with E-state index in [1.165, 1.54) is 0 Å². The Kier molecular flexibility index (Phi) is 1.84. The van der Waals surface area contributed by atoms with Gasteiger partial charge in [0.25, 0.3) is 0 Å². The first-order chi connectivity index (χ1) is 6.39. The van der Waals surface area contributed by atoms with E-state index in [4.69, 9.17) is 4.74 Å². The van der Waals surface area contributed by atoms with Crippen molar-refractivity contribution in [3.63, 3.8) is 0 Å². The fourth-order valence-electron chi connectivity index (χ4n) is 1.92. The highest BCUT2D eigenvalue weighted by Crippen LogP contribution is 2.34. The van der Waals surface area contributed by atoms with Gasteiger partial charge in [0.1, 0.15) is 6.10 Å². The Morgan fingerprint density at radius 1 is 1.50 bits per heavy atom. The Balaban J connectivity index is 2.04. The molecule has 0 aromatic carbocycles. The second kappa shape index (κ2) is 2.72. The highest BCUT2D eigenvalue weighted by molar-refractivity contribution is 5.85. The zero-order valence-corrected chi connectivity index (χ0v) is 8.74. The Labute approximate surface area is 83.2 Å². The summed E-state index contributed by atoms with van der Waals surface area (Å²) in [6.45, 7) is 6.24. The van der Waals surface area contributed by atoms with Crippen LogP contribution in [0.15, 0.2) is 0 Å². The average molecular weight is 197 g/mol. The predicted molar refractivity (Wildman–Crippen MR) is 49.5 cm³/mol. The molecule has 2 aliphatic rings. The fourth-order valence-corrected chi connectivity index (χ4v) is 1.92. The summed E-state index contributed by atoms with van der Waals surface area (Å²) < 4.78 is 5.02. The van der Waals surface area contributed by atoms with Crippen molar-refractivity contribution in [1.82, 2.24) is 4.90 Å². The van der Waals surface area contributed by atoms with Crippen molar-refractivity contribution in [3.05, 3.63) is 0 Å². The summed E-state index contributed by atoms with van der Waals surface area (Å²) in [5.41, 5.74) is -0.364. The lowest BCUT2D eigenvalue weighted by atomic mass is 9.89. The van der Waals surface area contributed by atoms with Gasteiger partial charge in [0.05, 0.1) is 19.0 Å². The lowest BCUT2D eigenvalue weighted by Gasteiger charge is -2.44. The third-order valence-corrected chi connectivity index (χ3v) is 2.77. The van der Waals surface area contributed by atoms with Crippen LogP contribution in [0.3, 0.4) is 0 Å². The SMILES string of the molecule is CC(C)(C)C(=O)N1C[C@H]2OC(=O)C[C@H]21. The molecule has 0 aromatic rings. The van der Waals surface area contributed by atoms with E-state index >= 15 is 0 Å². The minimum Gasteiger partial charge on any atom is -0.458 e. The van der Waals surface area contributed by atoms with Crippen molar-refractivity contribution in [2.45, 2.75) is 39.3 Å². The highest BCUT2D eigenvalue weighted by Gasteiger charge is 2.51. The van der Waals surface area contributed by atoms with Gasteiger partial charge in [-0.1, -0.05) is 20.8 Å². The summed E-state index contributed by atoms with van der Waals surface area (Å²) >= 11 is 0. The first kappa shape index (κ1) is 9.49. The minimum atomic E-state index is -0.364. The maximum atomic E-state index is 11.9. The van der Waals surface area contributed by atoms with Crippen LogP contribution in [0.5, 0.6) is 0 Å². The molecule has 14 heavy (non-hydrogen) atoms. The maximum absolute atomic E-state index is 11.9. The van der Waals surface area contributed by atoms with Gasteiger partial charge in [-0.2, -0.15) is 0 Å². The van der Waals surface area contributed by atoms with Crippen LogP contribution in [0.4, 0.5) is 0 Å². The van der Waals surface area contributed by atoms with E-state index in [-0.39, 0.29) is 29.4 Å². The van der Waals surface area contributed by atoms with Crippen molar-refractivity contribution in [2.75, 3.05) is 6.54 Å². The molecule has 78 valence electrons. The second-order valence-electron chi connectivity index (χ2n) is 5.01. The Bertz CT molecular complexity index is 292. The number of hydrogen-bond donors (Lipinski definition) is 0. The van der Waals surface area contributed by atoms with Gasteiger partial charge in [0.2, 0.25) is 5.91 Å². The number of hydrogen-bond acceptors (Lipinski definition) is 3. The van der Waals surface area contributed by atoms with Gasteiger partial charge in [-0.3, -0.25) is 9.59 Å². The molecule has 2 heterocycles. The van der Waals surface area contributed by atoms with Crippen molar-refractivity contribution in [3.8, 4) is 0 Å². The van der Waals surface area contributed by atoms with Crippen molar-refractivity contribution in [2.24, 2.45) is 5.41 Å². The first-order valence-corrected chi connectivity index (χ1v) is 4.90. The topological polar surface area (TPSA) is 46.6 Å². The first-order valence-electron chi connectivity index (χ1n) is 4.90. The number of nitrogens with zero attached hydrogens (tertiary/aromatic N) is 1. The average Bonchev–Trinajstić information content (AvgIpc) is 2.29. The van der Waals surface area contributed by atoms with Crippen molar-refractivity contribution < 1.29 is 14.3 Å². The lowest BCUT2D eigenvalue weighted by Crippen LogP contribution is -2.62. The van der Waals surface area contributed by atoms with Crippen LogP contribution in [0.25, 0.3) is 0 Å². The molecule has 2 rings (SSSR count). The zero-order chi connectivity index (χ0) is 10.5. The molecular weight excluding hydrogens is 182 g/mol. The minimum absolute atomic E-state index is 0.00854. The quantitative estimate of drug-likeness (QED) is 0.533. The molecule has 0 aliphatic carbocycles. The number of rotatable bonds is 0. The van der Waals surface area contributed by atoms with Crippen LogP contribution in [0, 0.1) is 5.41 Å². The summed E-state index contributed by atoms with van der Waals surface area (Å²) in [6.07, 6.45) is 0.334. The molecule has 0 saturated carbocycles. The summed E-state index contributed by atoms with van der Waals surface area (Å²) in [7, 11) is 0. The van der Waals surface area contributed by atoms with Crippen LogP contribution in [0.2, 0.25) is 0 Å². The number of likely N-dealkylation sites (tertiary alicyclic amines) is 1. The summed E-state index contributed by atoms with van der Waals surface area (Å²) in [6, 6.07) is 0.00854. The van der Waals surface area contributed by atoms with E-state index in [2.05, 4.69) is 0 Å². The molecule has 2 saturated heterocycles. The number of ether oxygens (including phenoxy) is 1. The molecule has 0 N–H and O–H groups in total. The van der Waals surface area contributed by atoms with Crippen molar-refractivity contribution >= 4 is 11.9 Å². The van der Waals surface area contributed by atoms with Crippen LogP contribution >= 0.6 is 0 Å². The normalized spacial score (nSPS) is 30.8. The molecule has 0 aromatic heterocycles. The molecule has 2 aliphatic heterocycles. The van der Waals surface area contributed by atoms with Crippen LogP contribution in [-0.4, -0.2) is 35.5 Å². The number of carbonyl (C=O) groups excluding carboxylic acids is 2. The van der Waals surface area contributed by atoms with E-state index < -0.39 is 0 Å². The van der Waals surface area contributed by atoms with Crippen molar-refractivity contribution in [1.29, 1.82) is 0 Å². The predicted octanol–water partition coefficient (Wildman–Crippen LogP) is 0.559. The Morgan fingerprint density at radius 3 is 2.64 bits per heavy atom. The number of fused-ring (bicyclic) bond motifs is 1. The standard InChI is InChI=1S/C10H15NO3/c1-10(2,3)9(13)11-5-7-6(11)4-8(12)14-7/h6-7H,4-5H2,1-3H3/t6-,7-/m1/s1. The molecule has 0 unspecified atom stereocenters. The molecule has 0 radical (unpaired) electrons. The largest absolute Gasteiger partial charge is 0.458 e. The highest BCUT2D eigenvalue weighted by atomic mass is 16.6. The van der Waals surface area contributed by atoms with E-state index in [1.54, 1.807) is 4.90 Å². The van der Waals surface area contributed by atoms with E-state index in [0.717, 1.165) is 0 Å². The second-order valence-corrected chi connectivity index (χ2v) is 5.01. The molecule has 2 fully saturated rings. The molecule has 0 spiro atoms. The lowest BCUT2D eigenvalue weighted by molar-refractivity contribution is -0.159. The van der Waals surface area contributed by atoms with Gasteiger partial charge in [0.15, 0.2) is 0 Å². The summed E-state index contributed by atoms with van der Waals surface area (Å²) in [5.74, 6) is -0.0683. The smallest absolute Gasteiger partial charge is 0.308 e. The fraction of sp³-hybridized carbons (Fsp3) is 0.800. The molecular formula is C10H15NO3. The van der Waals surface area contributed by atoms with Gasteiger partial charge in [-0.05, 0) is 0 Å². The summed E-state index contributed by atoms with van der Waals surface area (Å²) in [4.78, 5) is 24.6. The number of amides is 1. The third-order valence-electron chi connectivity index (χ3n) is 2.77. The van der Waals surface area contributed by atoms with Crippen LogP contribution in [-0.2, 0) is 14.3 Å². The van der Waals surface area contributed by atoms with Gasteiger partial charge in [0, 0.05) is 5.41 Å². The van der Waals surface area contributed by atoms with Crippen LogP contribution < -0.4 is 0 Å². The number of carbonyl (C=O) groups is 2. The molecule has 4 nitrogen and oxygen atoms in total. The molecule has 0 bridgehead atoms. The zero-order valence-electron chi connectivity index (χ0n) is 8.74. The Hall–Kier alpha value is -1.06. The molecule has 4 heteroatoms. The summed E-state index contributed by atoms with van der Waals surface area (Å²) in [5, 5.41) is 0. The van der Waals surface area contributed by atoms with Gasteiger partial charge in [-0.25, -0.2) is 0 Å². The van der Waals surface area contributed by atoms with E-state index in [0.29, 0.717) is 13.0 Å². The Morgan fingerprint density at radius 2 is 2.14 bits per heavy atom. The van der Waals surface area contributed by atoms with E-state index in [1.807, 2.05) is 20.8 Å². The number of esters is 1. The monoisotopic (exact) mass is 197 g/mol. The maximum Gasteiger partial charge on any atom is 0.308 e. The van der Waals surface area contributed by atoms with Crippen LogP contribution in [0.1, 0.15) is 27.2 Å². The third kappa shape index (κ3) is 1.29. The van der Waals surface area contributed by atoms with E-state index in [9.17, 15) is 9.59 Å².